The average Bonchev–Trinajstić information content (AvgIpc) is 2.91. The molecule has 0 N–H and O–H groups in total. The first-order valence-corrected chi connectivity index (χ1v) is 10.8. The molecule has 4 rings (SSSR count). The predicted molar refractivity (Wildman–Crippen MR) is 131 cm³/mol. The van der Waals surface area contributed by atoms with Crippen molar-refractivity contribution in [3.05, 3.63) is 70.4 Å². The monoisotopic (exact) mass is 478 g/mol. The number of ether oxygens (including phenoxy) is 6. The maximum absolute atomic E-state index is 13.6. The van der Waals surface area contributed by atoms with Gasteiger partial charge in [-0.1, -0.05) is 30.3 Å². The van der Waals surface area contributed by atoms with Crippen molar-refractivity contribution in [3.63, 3.8) is 0 Å². The lowest BCUT2D eigenvalue weighted by atomic mass is 10.1. The van der Waals surface area contributed by atoms with Crippen molar-refractivity contribution in [1.82, 2.24) is 0 Å². The van der Waals surface area contributed by atoms with Crippen molar-refractivity contribution in [1.29, 1.82) is 0 Å². The maximum Gasteiger partial charge on any atom is 0.239 e. The Labute approximate surface area is 202 Å². The molecule has 4 aromatic rings. The Hall–Kier alpha value is -4.33. The smallest absolute Gasteiger partial charge is 0.239 e. The molecule has 0 amide bonds. The van der Waals surface area contributed by atoms with Crippen LogP contribution < -0.4 is 33.8 Å². The number of fused-ring (bicyclic) bond motifs is 1. The highest BCUT2D eigenvalue weighted by molar-refractivity contribution is 5.96. The summed E-state index contributed by atoms with van der Waals surface area (Å²) in [6.45, 7) is 0.230. The van der Waals surface area contributed by atoms with Gasteiger partial charge in [-0.25, -0.2) is 0 Å². The van der Waals surface area contributed by atoms with Gasteiger partial charge < -0.3 is 32.8 Å². The molecule has 8 heteroatoms. The van der Waals surface area contributed by atoms with Crippen LogP contribution in [0.25, 0.3) is 22.3 Å². The third-order valence-corrected chi connectivity index (χ3v) is 5.52. The van der Waals surface area contributed by atoms with E-state index in [1.54, 1.807) is 31.4 Å². The number of rotatable bonds is 9. The molecule has 0 unspecified atom stereocenters. The van der Waals surface area contributed by atoms with Gasteiger partial charge in [-0.05, 0) is 29.8 Å². The maximum atomic E-state index is 13.6. The molecule has 0 aliphatic heterocycles. The van der Waals surface area contributed by atoms with Crippen LogP contribution >= 0.6 is 0 Å². The lowest BCUT2D eigenvalue weighted by Gasteiger charge is -2.20. The summed E-state index contributed by atoms with van der Waals surface area (Å²) in [5, 5.41) is 0.113. The summed E-state index contributed by atoms with van der Waals surface area (Å²) in [6, 6.07) is 16.7. The molecule has 182 valence electrons. The van der Waals surface area contributed by atoms with Gasteiger partial charge in [-0.15, -0.1) is 0 Å². The third-order valence-electron chi connectivity index (χ3n) is 5.52. The van der Waals surface area contributed by atoms with Crippen molar-refractivity contribution in [2.45, 2.75) is 6.61 Å². The fourth-order valence-electron chi connectivity index (χ4n) is 3.85. The molecule has 0 aliphatic carbocycles. The van der Waals surface area contributed by atoms with Crippen molar-refractivity contribution < 1.29 is 32.8 Å². The molecule has 0 spiro atoms. The van der Waals surface area contributed by atoms with Crippen LogP contribution in [0.15, 0.2) is 63.8 Å². The van der Waals surface area contributed by atoms with E-state index >= 15 is 0 Å². The van der Waals surface area contributed by atoms with Gasteiger partial charge >= 0.3 is 0 Å². The summed E-state index contributed by atoms with van der Waals surface area (Å²) < 4.78 is 40.0. The van der Waals surface area contributed by atoms with Crippen LogP contribution in [0.5, 0.6) is 34.5 Å². The topological polar surface area (TPSA) is 85.6 Å². The third kappa shape index (κ3) is 4.30. The summed E-state index contributed by atoms with van der Waals surface area (Å²) in [7, 11) is 7.35. The second-order valence-corrected chi connectivity index (χ2v) is 7.43. The van der Waals surface area contributed by atoms with E-state index in [0.29, 0.717) is 11.3 Å². The lowest BCUT2D eigenvalue weighted by molar-refractivity contribution is 0.259. The number of methoxy groups -OCH3 is 5. The van der Waals surface area contributed by atoms with E-state index in [4.69, 9.17) is 32.8 Å². The van der Waals surface area contributed by atoms with Crippen molar-refractivity contribution >= 4 is 11.0 Å². The first-order chi connectivity index (χ1) is 17.1. The first kappa shape index (κ1) is 23.8. The molecule has 35 heavy (non-hydrogen) atoms. The zero-order valence-electron chi connectivity index (χ0n) is 20.2. The summed E-state index contributed by atoms with van der Waals surface area (Å²) in [5.41, 5.74) is 1.25. The van der Waals surface area contributed by atoms with E-state index in [9.17, 15) is 4.79 Å². The molecule has 0 atom stereocenters. The Kier molecular flexibility index (Phi) is 7.01. The summed E-state index contributed by atoms with van der Waals surface area (Å²) in [6.07, 6.45) is 0. The van der Waals surface area contributed by atoms with Gasteiger partial charge in [0.15, 0.2) is 17.1 Å². The van der Waals surface area contributed by atoms with Gasteiger partial charge in [0.1, 0.15) is 17.7 Å². The minimum absolute atomic E-state index is 0.0167. The average molecular weight is 478 g/mol. The predicted octanol–water partition coefficient (Wildman–Crippen LogP) is 5.08. The number of benzene rings is 3. The molecule has 3 aromatic carbocycles. The standard InChI is InChI=1S/C27H26O8/c1-29-18-13-11-17(12-14-18)21-24(31-3)20(28)19-22(30-2)25(32-4)27(26(33-5)23(19)35-21)34-15-16-9-7-6-8-10-16/h6-14H,15H2,1-5H3. The zero-order chi connectivity index (χ0) is 24.9. The highest BCUT2D eigenvalue weighted by Crippen LogP contribution is 2.51. The van der Waals surface area contributed by atoms with Gasteiger partial charge in [0.05, 0.1) is 35.5 Å². The van der Waals surface area contributed by atoms with Crippen molar-refractivity contribution in [3.8, 4) is 45.8 Å². The Morgan fingerprint density at radius 3 is 1.86 bits per heavy atom. The van der Waals surface area contributed by atoms with Gasteiger partial charge in [0.2, 0.25) is 28.4 Å². The van der Waals surface area contributed by atoms with Crippen LogP contribution in [0.4, 0.5) is 0 Å². The molecular formula is C27H26O8. The van der Waals surface area contributed by atoms with Crippen LogP contribution in [0, 0.1) is 0 Å². The Bertz CT molecular complexity index is 1380. The van der Waals surface area contributed by atoms with E-state index in [-0.39, 0.29) is 52.1 Å². The summed E-state index contributed by atoms with van der Waals surface area (Å²) in [4.78, 5) is 13.6. The van der Waals surface area contributed by atoms with Crippen LogP contribution in [-0.4, -0.2) is 35.5 Å². The molecule has 1 heterocycles. The van der Waals surface area contributed by atoms with E-state index < -0.39 is 5.43 Å². The van der Waals surface area contributed by atoms with Gasteiger partial charge in [0.25, 0.3) is 0 Å². The summed E-state index contributed by atoms with van der Waals surface area (Å²) in [5.74, 6) is 1.71. The van der Waals surface area contributed by atoms with Crippen molar-refractivity contribution in [2.75, 3.05) is 35.5 Å². The first-order valence-electron chi connectivity index (χ1n) is 10.8. The molecule has 0 aliphatic rings. The molecule has 0 bridgehead atoms. The highest BCUT2D eigenvalue weighted by atomic mass is 16.6. The number of hydrogen-bond donors (Lipinski definition) is 0. The lowest BCUT2D eigenvalue weighted by Crippen LogP contribution is -2.11. The van der Waals surface area contributed by atoms with E-state index in [2.05, 4.69) is 0 Å². The Morgan fingerprint density at radius 1 is 0.657 bits per heavy atom. The second kappa shape index (κ2) is 10.3. The van der Waals surface area contributed by atoms with Gasteiger partial charge in [0, 0.05) is 5.56 Å². The van der Waals surface area contributed by atoms with E-state index in [0.717, 1.165) is 5.56 Å². The Balaban J connectivity index is 2.01. The van der Waals surface area contributed by atoms with E-state index in [1.807, 2.05) is 30.3 Å². The van der Waals surface area contributed by atoms with Gasteiger partial charge in [-0.2, -0.15) is 0 Å². The van der Waals surface area contributed by atoms with Crippen LogP contribution in [0.2, 0.25) is 0 Å². The van der Waals surface area contributed by atoms with Crippen LogP contribution in [0.3, 0.4) is 0 Å². The Morgan fingerprint density at radius 2 is 1.29 bits per heavy atom. The second-order valence-electron chi connectivity index (χ2n) is 7.43. The van der Waals surface area contributed by atoms with Crippen molar-refractivity contribution in [2.24, 2.45) is 0 Å². The fraction of sp³-hybridized carbons (Fsp3) is 0.222. The van der Waals surface area contributed by atoms with Crippen LogP contribution in [0.1, 0.15) is 5.56 Å². The van der Waals surface area contributed by atoms with E-state index in [1.165, 1.54) is 28.4 Å². The molecular weight excluding hydrogens is 452 g/mol. The SMILES string of the molecule is COc1ccc(-c2oc3c(OC)c(OCc4ccccc4)c(OC)c(OC)c3c(=O)c2OC)cc1. The molecule has 0 saturated carbocycles. The molecule has 8 nitrogen and oxygen atoms in total. The minimum Gasteiger partial charge on any atom is -0.497 e. The summed E-state index contributed by atoms with van der Waals surface area (Å²) >= 11 is 0. The minimum atomic E-state index is -0.442. The molecule has 0 fully saturated rings. The van der Waals surface area contributed by atoms with Crippen LogP contribution in [-0.2, 0) is 6.61 Å². The largest absolute Gasteiger partial charge is 0.497 e. The molecule has 0 radical (unpaired) electrons. The normalized spacial score (nSPS) is 10.7. The highest BCUT2D eigenvalue weighted by Gasteiger charge is 2.30. The molecule has 0 saturated heterocycles. The number of hydrogen-bond acceptors (Lipinski definition) is 8. The van der Waals surface area contributed by atoms with Gasteiger partial charge in [-0.3, -0.25) is 4.79 Å². The quantitative estimate of drug-likeness (QED) is 0.329. The zero-order valence-corrected chi connectivity index (χ0v) is 20.2. The molecule has 1 aromatic heterocycles. The fourth-order valence-corrected chi connectivity index (χ4v) is 3.85.